The number of rotatable bonds is 2. The fourth-order valence-electron chi connectivity index (χ4n) is 1.68. The monoisotopic (exact) mass is 229 g/mol. The summed E-state index contributed by atoms with van der Waals surface area (Å²) in [4.78, 5) is 4.59. The minimum atomic E-state index is 0.762. The summed E-state index contributed by atoms with van der Waals surface area (Å²) < 4.78 is 3.21. The zero-order valence-electron chi connectivity index (χ0n) is 8.92. The first-order valence-corrected chi connectivity index (χ1v) is 5.97. The minimum Gasteiger partial charge on any atom is -0.263 e. The third-order valence-electron chi connectivity index (χ3n) is 2.55. The molecule has 4 heteroatoms. The van der Waals surface area contributed by atoms with Gasteiger partial charge in [0.1, 0.15) is 5.01 Å². The number of aromatic nitrogens is 3. The van der Waals surface area contributed by atoms with E-state index in [2.05, 4.69) is 23.1 Å². The van der Waals surface area contributed by atoms with Crippen molar-refractivity contribution in [1.29, 1.82) is 0 Å². The van der Waals surface area contributed by atoms with E-state index in [0.29, 0.717) is 0 Å². The summed E-state index contributed by atoms with van der Waals surface area (Å²) >= 11 is 1.73. The Morgan fingerprint density at radius 2 is 2.12 bits per heavy atom. The SMILES string of the molecule is Cc1ccnn1Cc1nc2ccccc2s1. The van der Waals surface area contributed by atoms with Crippen molar-refractivity contribution in [2.24, 2.45) is 0 Å². The molecule has 0 saturated carbocycles. The molecular weight excluding hydrogens is 218 g/mol. The fourth-order valence-corrected chi connectivity index (χ4v) is 2.63. The molecule has 16 heavy (non-hydrogen) atoms. The maximum atomic E-state index is 4.59. The standard InChI is InChI=1S/C12H11N3S/c1-9-6-7-13-15(9)8-12-14-10-4-2-3-5-11(10)16-12/h2-7H,8H2,1H3. The van der Waals surface area contributed by atoms with Gasteiger partial charge in [-0.1, -0.05) is 12.1 Å². The predicted octanol–water partition coefficient (Wildman–Crippen LogP) is 2.85. The second-order valence-corrected chi connectivity index (χ2v) is 4.82. The van der Waals surface area contributed by atoms with Crippen molar-refractivity contribution in [3.8, 4) is 0 Å². The molecule has 0 radical (unpaired) electrons. The molecule has 3 rings (SSSR count). The lowest BCUT2D eigenvalue weighted by atomic mass is 10.3. The van der Waals surface area contributed by atoms with E-state index in [9.17, 15) is 0 Å². The van der Waals surface area contributed by atoms with Gasteiger partial charge in [0.2, 0.25) is 0 Å². The maximum absolute atomic E-state index is 4.59. The summed E-state index contributed by atoms with van der Waals surface area (Å²) in [6.45, 7) is 2.82. The van der Waals surface area contributed by atoms with Gasteiger partial charge in [-0.15, -0.1) is 11.3 Å². The Labute approximate surface area is 97.4 Å². The van der Waals surface area contributed by atoms with Crippen LogP contribution in [0.2, 0.25) is 0 Å². The van der Waals surface area contributed by atoms with Crippen LogP contribution in [0.4, 0.5) is 0 Å². The summed E-state index contributed by atoms with van der Waals surface area (Å²) in [7, 11) is 0. The molecule has 0 unspecified atom stereocenters. The number of thiazole rings is 1. The highest BCUT2D eigenvalue weighted by Crippen LogP contribution is 2.22. The molecule has 0 N–H and O–H groups in total. The zero-order valence-corrected chi connectivity index (χ0v) is 9.74. The van der Waals surface area contributed by atoms with Crippen molar-refractivity contribution in [2.75, 3.05) is 0 Å². The van der Waals surface area contributed by atoms with Crippen molar-refractivity contribution in [3.63, 3.8) is 0 Å². The number of aryl methyl sites for hydroxylation is 1. The molecule has 2 heterocycles. The molecule has 1 aromatic carbocycles. The van der Waals surface area contributed by atoms with Gasteiger partial charge < -0.3 is 0 Å². The highest BCUT2D eigenvalue weighted by atomic mass is 32.1. The molecular formula is C12H11N3S. The second-order valence-electron chi connectivity index (χ2n) is 3.71. The Bertz CT molecular complexity index is 591. The Balaban J connectivity index is 1.98. The number of fused-ring (bicyclic) bond motifs is 1. The first kappa shape index (κ1) is 9.54. The van der Waals surface area contributed by atoms with Crippen LogP contribution in [-0.4, -0.2) is 14.8 Å². The molecule has 2 aromatic heterocycles. The molecule has 0 bridgehead atoms. The Hall–Kier alpha value is -1.68. The number of para-hydroxylation sites is 1. The van der Waals surface area contributed by atoms with Crippen molar-refractivity contribution < 1.29 is 0 Å². The fraction of sp³-hybridized carbons (Fsp3) is 0.167. The van der Waals surface area contributed by atoms with Gasteiger partial charge in [-0.3, -0.25) is 4.68 Å². The first-order valence-electron chi connectivity index (χ1n) is 5.16. The van der Waals surface area contributed by atoms with E-state index >= 15 is 0 Å². The Morgan fingerprint density at radius 1 is 1.25 bits per heavy atom. The molecule has 0 saturated heterocycles. The Kier molecular flexibility index (Phi) is 2.22. The second kappa shape index (κ2) is 3.72. The average Bonchev–Trinajstić information content (AvgIpc) is 2.85. The van der Waals surface area contributed by atoms with E-state index in [4.69, 9.17) is 0 Å². The number of hydrogen-bond donors (Lipinski definition) is 0. The van der Waals surface area contributed by atoms with E-state index < -0.39 is 0 Å². The van der Waals surface area contributed by atoms with Gasteiger partial charge >= 0.3 is 0 Å². The van der Waals surface area contributed by atoms with Crippen LogP contribution in [0.1, 0.15) is 10.7 Å². The summed E-state index contributed by atoms with van der Waals surface area (Å²) in [6.07, 6.45) is 1.82. The lowest BCUT2D eigenvalue weighted by Gasteiger charge is -1.99. The summed E-state index contributed by atoms with van der Waals surface area (Å²) in [5, 5.41) is 5.37. The molecule has 0 amide bonds. The van der Waals surface area contributed by atoms with Crippen molar-refractivity contribution in [3.05, 3.63) is 47.2 Å². The number of nitrogens with zero attached hydrogens (tertiary/aromatic N) is 3. The van der Waals surface area contributed by atoms with Crippen LogP contribution in [0.3, 0.4) is 0 Å². The Morgan fingerprint density at radius 3 is 2.88 bits per heavy atom. The van der Waals surface area contributed by atoms with Gasteiger partial charge in [-0.05, 0) is 25.1 Å². The van der Waals surface area contributed by atoms with Gasteiger partial charge in [0.15, 0.2) is 0 Å². The molecule has 3 aromatic rings. The molecule has 3 nitrogen and oxygen atoms in total. The molecule has 0 atom stereocenters. The van der Waals surface area contributed by atoms with Gasteiger partial charge in [0.05, 0.1) is 16.8 Å². The normalized spacial score (nSPS) is 11.1. The first-order chi connectivity index (χ1) is 7.83. The van der Waals surface area contributed by atoms with E-state index in [1.807, 2.05) is 35.1 Å². The molecule has 0 aliphatic carbocycles. The van der Waals surface area contributed by atoms with Gasteiger partial charge in [0.25, 0.3) is 0 Å². The van der Waals surface area contributed by atoms with Gasteiger partial charge in [-0.25, -0.2) is 4.98 Å². The van der Waals surface area contributed by atoms with E-state index in [1.54, 1.807) is 11.3 Å². The zero-order chi connectivity index (χ0) is 11.0. The van der Waals surface area contributed by atoms with Crippen LogP contribution in [0.5, 0.6) is 0 Å². The molecule has 0 aliphatic heterocycles. The summed E-state index contributed by atoms with van der Waals surface area (Å²) in [5.41, 5.74) is 2.24. The smallest absolute Gasteiger partial charge is 0.115 e. The highest BCUT2D eigenvalue weighted by Gasteiger charge is 2.05. The van der Waals surface area contributed by atoms with Gasteiger partial charge in [-0.2, -0.15) is 5.10 Å². The van der Waals surface area contributed by atoms with E-state index in [0.717, 1.165) is 17.1 Å². The lowest BCUT2D eigenvalue weighted by Crippen LogP contribution is -2.02. The number of hydrogen-bond acceptors (Lipinski definition) is 3. The van der Waals surface area contributed by atoms with Crippen LogP contribution in [0, 0.1) is 6.92 Å². The molecule has 0 fully saturated rings. The number of benzene rings is 1. The van der Waals surface area contributed by atoms with Crippen molar-refractivity contribution in [2.45, 2.75) is 13.5 Å². The van der Waals surface area contributed by atoms with Crippen LogP contribution in [0.25, 0.3) is 10.2 Å². The molecule has 0 spiro atoms. The summed E-state index contributed by atoms with van der Waals surface area (Å²) in [5.74, 6) is 0. The predicted molar refractivity (Wildman–Crippen MR) is 65.7 cm³/mol. The van der Waals surface area contributed by atoms with Gasteiger partial charge in [0, 0.05) is 11.9 Å². The third kappa shape index (κ3) is 1.61. The summed E-state index contributed by atoms with van der Waals surface area (Å²) in [6, 6.07) is 10.2. The largest absolute Gasteiger partial charge is 0.263 e. The van der Waals surface area contributed by atoms with Crippen LogP contribution < -0.4 is 0 Å². The third-order valence-corrected chi connectivity index (χ3v) is 3.57. The topological polar surface area (TPSA) is 30.7 Å². The van der Waals surface area contributed by atoms with E-state index in [-0.39, 0.29) is 0 Å². The van der Waals surface area contributed by atoms with Crippen molar-refractivity contribution >= 4 is 21.6 Å². The highest BCUT2D eigenvalue weighted by molar-refractivity contribution is 7.18. The molecule has 0 aliphatic rings. The molecule has 80 valence electrons. The lowest BCUT2D eigenvalue weighted by molar-refractivity contribution is 0.663. The average molecular weight is 229 g/mol. The quantitative estimate of drug-likeness (QED) is 0.676. The van der Waals surface area contributed by atoms with Crippen LogP contribution >= 0.6 is 11.3 Å². The maximum Gasteiger partial charge on any atom is 0.115 e. The minimum absolute atomic E-state index is 0.762. The van der Waals surface area contributed by atoms with Crippen LogP contribution in [-0.2, 0) is 6.54 Å². The van der Waals surface area contributed by atoms with Crippen LogP contribution in [0.15, 0.2) is 36.5 Å². The van der Waals surface area contributed by atoms with Crippen molar-refractivity contribution in [1.82, 2.24) is 14.8 Å². The van der Waals surface area contributed by atoms with E-state index in [1.165, 1.54) is 10.4 Å².